The first kappa shape index (κ1) is 15.8. The molecule has 0 aliphatic rings. The molecule has 0 heterocycles. The largest absolute Gasteiger partial charge is 1.00 e. The number of carbonyl (C=O) groups is 2. The number of benzene rings is 1. The molecule has 4 nitrogen and oxygen atoms in total. The van der Waals surface area contributed by atoms with Crippen LogP contribution in [0.4, 0.5) is 0 Å². The van der Waals surface area contributed by atoms with E-state index in [-0.39, 0.29) is 51.7 Å². The Balaban J connectivity index is -0.000000180. The van der Waals surface area contributed by atoms with E-state index in [0.717, 1.165) is 0 Å². The van der Waals surface area contributed by atoms with Gasteiger partial charge in [0.25, 0.3) is 0 Å². The third-order valence-electron chi connectivity index (χ3n) is 1.39. The van der Waals surface area contributed by atoms with E-state index < -0.39 is 11.9 Å². The fourth-order valence-corrected chi connectivity index (χ4v) is 0.856. The number of carboxylic acid groups (broad SMARTS) is 2. The van der Waals surface area contributed by atoms with Gasteiger partial charge in [-0.25, -0.2) is 9.59 Å². The van der Waals surface area contributed by atoms with Crippen LogP contribution in [-0.4, -0.2) is 22.2 Å². The molecule has 0 saturated heterocycles. The number of carboxylic acids is 2. The van der Waals surface area contributed by atoms with Gasteiger partial charge in [-0.3, -0.25) is 0 Å². The van der Waals surface area contributed by atoms with Gasteiger partial charge in [-0.1, -0.05) is 12.1 Å². The van der Waals surface area contributed by atoms with Crippen LogP contribution in [0.1, 0.15) is 23.6 Å². The smallest absolute Gasteiger partial charge is 1.00 e. The number of rotatable bonds is 2. The summed E-state index contributed by atoms with van der Waals surface area (Å²) in [4.78, 5) is 20.9. The number of hydrogen-bond acceptors (Lipinski definition) is 2. The van der Waals surface area contributed by atoms with Crippen LogP contribution in [0.15, 0.2) is 24.3 Å². The molecule has 0 radical (unpaired) electrons. The Bertz CT molecular complexity index is 314. The third kappa shape index (κ3) is 3.61. The number of hydrogen-bond donors (Lipinski definition) is 2. The first-order valence-electron chi connectivity index (χ1n) is 3.18. The molecular weight excluding hydrogens is 174 g/mol. The standard InChI is InChI=1S/C8H6O4.2Li.2H/c9-7(10)5-3-1-2-4-6(5)8(11)12;;;;/h1-4H,(H,9,10)(H,11,12);;;;/q;2*+1;2*-1. The van der Waals surface area contributed by atoms with Crippen LogP contribution in [0.2, 0.25) is 0 Å². The molecule has 1 aromatic carbocycles. The normalized spacial score (nSPS) is 8.00. The van der Waals surface area contributed by atoms with Gasteiger partial charge in [-0.05, 0) is 12.1 Å². The van der Waals surface area contributed by atoms with Crippen LogP contribution in [0.3, 0.4) is 0 Å². The SMILES string of the molecule is O=C(O)c1ccccc1C(=O)O.[H-].[H-].[Li+].[Li+]. The van der Waals surface area contributed by atoms with E-state index in [0.29, 0.717) is 0 Å². The van der Waals surface area contributed by atoms with E-state index in [9.17, 15) is 9.59 Å². The van der Waals surface area contributed by atoms with Crippen LogP contribution < -0.4 is 37.7 Å². The zero-order valence-electron chi connectivity index (χ0n) is 10.0. The molecule has 14 heavy (non-hydrogen) atoms. The molecule has 2 N–H and O–H groups in total. The zero-order valence-corrected chi connectivity index (χ0v) is 8.02. The van der Waals surface area contributed by atoms with Crippen LogP contribution >= 0.6 is 0 Å². The summed E-state index contributed by atoms with van der Waals surface area (Å²) in [7, 11) is 0. The molecular formula is C8H8Li2O4. The maximum atomic E-state index is 10.5. The molecule has 0 atom stereocenters. The Morgan fingerprint density at radius 1 is 0.929 bits per heavy atom. The maximum Gasteiger partial charge on any atom is 1.00 e. The monoisotopic (exact) mass is 182 g/mol. The minimum absolute atomic E-state index is 0. The van der Waals surface area contributed by atoms with Gasteiger partial charge in [0.15, 0.2) is 0 Å². The predicted molar refractivity (Wildman–Crippen MR) is 42.6 cm³/mol. The van der Waals surface area contributed by atoms with Gasteiger partial charge in [0, 0.05) is 0 Å². The zero-order chi connectivity index (χ0) is 9.14. The van der Waals surface area contributed by atoms with Crippen molar-refractivity contribution in [1.29, 1.82) is 0 Å². The topological polar surface area (TPSA) is 74.6 Å². The second-order valence-corrected chi connectivity index (χ2v) is 2.16. The third-order valence-corrected chi connectivity index (χ3v) is 1.39. The van der Waals surface area contributed by atoms with Gasteiger partial charge < -0.3 is 13.1 Å². The van der Waals surface area contributed by atoms with Crippen molar-refractivity contribution in [1.82, 2.24) is 0 Å². The van der Waals surface area contributed by atoms with Gasteiger partial charge in [-0.2, -0.15) is 0 Å². The minimum Gasteiger partial charge on any atom is -1.00 e. The van der Waals surface area contributed by atoms with Crippen molar-refractivity contribution in [3.63, 3.8) is 0 Å². The summed E-state index contributed by atoms with van der Waals surface area (Å²) >= 11 is 0. The maximum absolute atomic E-state index is 10.5. The molecule has 0 unspecified atom stereocenters. The van der Waals surface area contributed by atoms with Crippen molar-refractivity contribution < 1.29 is 60.4 Å². The molecule has 0 fully saturated rings. The quantitative estimate of drug-likeness (QED) is 0.451. The Kier molecular flexibility index (Phi) is 7.63. The second-order valence-electron chi connectivity index (χ2n) is 2.16. The summed E-state index contributed by atoms with van der Waals surface area (Å²) in [6.45, 7) is 0. The van der Waals surface area contributed by atoms with Crippen LogP contribution in [0.25, 0.3) is 0 Å². The van der Waals surface area contributed by atoms with Crippen LogP contribution in [0, 0.1) is 0 Å². The summed E-state index contributed by atoms with van der Waals surface area (Å²) in [5.41, 5.74) is -0.380. The Morgan fingerprint density at radius 3 is 1.43 bits per heavy atom. The first-order chi connectivity index (χ1) is 5.63. The van der Waals surface area contributed by atoms with Gasteiger partial charge in [-0.15, -0.1) is 0 Å². The molecule has 1 rings (SSSR count). The first-order valence-corrected chi connectivity index (χ1v) is 3.18. The summed E-state index contributed by atoms with van der Waals surface area (Å²) in [6.07, 6.45) is 0. The predicted octanol–water partition coefficient (Wildman–Crippen LogP) is -4.68. The fraction of sp³-hybridized carbons (Fsp3) is 0. The van der Waals surface area contributed by atoms with E-state index in [1.54, 1.807) is 0 Å². The van der Waals surface area contributed by atoms with Gasteiger partial charge in [0.2, 0.25) is 0 Å². The Morgan fingerprint density at radius 2 is 1.21 bits per heavy atom. The summed E-state index contributed by atoms with van der Waals surface area (Å²) in [6, 6.07) is 5.48. The van der Waals surface area contributed by atoms with Crippen molar-refractivity contribution in [2.75, 3.05) is 0 Å². The molecule has 0 aromatic heterocycles. The molecule has 0 aliphatic heterocycles. The Labute approximate surface area is 108 Å². The van der Waals surface area contributed by atoms with Crippen LogP contribution in [-0.2, 0) is 0 Å². The van der Waals surface area contributed by atoms with Gasteiger partial charge in [0.05, 0.1) is 11.1 Å². The molecule has 0 saturated carbocycles. The Hall–Kier alpha value is -0.645. The molecule has 0 spiro atoms. The van der Waals surface area contributed by atoms with Crippen molar-refractivity contribution >= 4 is 11.9 Å². The van der Waals surface area contributed by atoms with Gasteiger partial charge >= 0.3 is 49.7 Å². The fourth-order valence-electron chi connectivity index (χ4n) is 0.856. The van der Waals surface area contributed by atoms with Crippen LogP contribution in [0.5, 0.6) is 0 Å². The van der Waals surface area contributed by atoms with Crippen molar-refractivity contribution in [2.24, 2.45) is 0 Å². The van der Waals surface area contributed by atoms with E-state index in [4.69, 9.17) is 10.2 Å². The summed E-state index contributed by atoms with van der Waals surface area (Å²) < 4.78 is 0. The average molecular weight is 182 g/mol. The van der Waals surface area contributed by atoms with E-state index in [2.05, 4.69) is 0 Å². The van der Waals surface area contributed by atoms with Crippen molar-refractivity contribution in [3.8, 4) is 0 Å². The second kappa shape index (κ2) is 6.76. The summed E-state index contributed by atoms with van der Waals surface area (Å²) in [5.74, 6) is -2.46. The molecule has 0 amide bonds. The van der Waals surface area contributed by atoms with E-state index >= 15 is 0 Å². The average Bonchev–Trinajstić information content (AvgIpc) is 2.04. The molecule has 66 valence electrons. The molecule has 6 heteroatoms. The summed E-state index contributed by atoms with van der Waals surface area (Å²) in [5, 5.41) is 17.1. The molecule has 1 aromatic rings. The molecule has 0 aliphatic carbocycles. The van der Waals surface area contributed by atoms with Gasteiger partial charge in [0.1, 0.15) is 0 Å². The number of aromatic carboxylic acids is 2. The van der Waals surface area contributed by atoms with Crippen molar-refractivity contribution in [3.05, 3.63) is 35.4 Å². The van der Waals surface area contributed by atoms with E-state index in [1.165, 1.54) is 24.3 Å². The van der Waals surface area contributed by atoms with E-state index in [1.807, 2.05) is 0 Å². The molecule has 0 bridgehead atoms. The van der Waals surface area contributed by atoms with Crippen molar-refractivity contribution in [2.45, 2.75) is 0 Å². The minimum atomic E-state index is -1.23.